The lowest BCUT2D eigenvalue weighted by atomic mass is 10.3. The van der Waals surface area contributed by atoms with Crippen molar-refractivity contribution in [2.45, 2.75) is 19.0 Å². The molecule has 1 atom stereocenters. The van der Waals surface area contributed by atoms with Gasteiger partial charge in [-0.05, 0) is 18.8 Å². The minimum atomic E-state index is -0.499. The van der Waals surface area contributed by atoms with E-state index in [9.17, 15) is 4.39 Å². The molecule has 0 radical (unpaired) electrons. The average Bonchev–Trinajstić information content (AvgIpc) is 2.44. The molecule has 0 bridgehead atoms. The van der Waals surface area contributed by atoms with E-state index >= 15 is 0 Å². The minimum Gasteiger partial charge on any atom is -0.246 e. The van der Waals surface area contributed by atoms with Gasteiger partial charge in [-0.1, -0.05) is 22.6 Å². The summed E-state index contributed by atoms with van der Waals surface area (Å²) < 4.78 is 13.0. The van der Waals surface area contributed by atoms with E-state index in [0.717, 1.165) is 12.8 Å². The summed E-state index contributed by atoms with van der Waals surface area (Å²) in [6.45, 7) is 0. The van der Waals surface area contributed by atoms with Gasteiger partial charge in [0.05, 0.1) is 0 Å². The van der Waals surface area contributed by atoms with E-state index in [1.807, 2.05) is 0 Å². The first kappa shape index (κ1) is 5.79. The first-order valence-electron chi connectivity index (χ1n) is 2.54. The Morgan fingerprint density at radius 1 is 1.71 bits per heavy atom. The molecule has 1 unspecified atom stereocenters. The Labute approximate surface area is 56.6 Å². The molecule has 0 saturated heterocycles. The highest BCUT2D eigenvalue weighted by Crippen LogP contribution is 2.34. The highest BCUT2D eigenvalue weighted by molar-refractivity contribution is 14.1. The summed E-state index contributed by atoms with van der Waals surface area (Å²) in [5.74, 6) is 0.442. The van der Waals surface area contributed by atoms with Crippen LogP contribution in [0.15, 0.2) is 0 Å². The van der Waals surface area contributed by atoms with E-state index in [1.165, 1.54) is 0 Å². The molecule has 0 amide bonds. The van der Waals surface area contributed by atoms with Crippen molar-refractivity contribution in [1.29, 1.82) is 0 Å². The van der Waals surface area contributed by atoms with Crippen LogP contribution in [0.25, 0.3) is 0 Å². The van der Waals surface area contributed by atoms with Crippen LogP contribution in [0.5, 0.6) is 0 Å². The molecule has 0 N–H and O–H groups in total. The molecule has 42 valence electrons. The lowest BCUT2D eigenvalue weighted by Crippen LogP contribution is -2.02. The normalized spacial score (nSPS) is 24.9. The molecule has 2 heteroatoms. The van der Waals surface area contributed by atoms with Crippen molar-refractivity contribution in [2.24, 2.45) is 5.92 Å². The van der Waals surface area contributed by atoms with Crippen molar-refractivity contribution >= 4 is 22.6 Å². The van der Waals surface area contributed by atoms with E-state index in [4.69, 9.17) is 0 Å². The third-order valence-electron chi connectivity index (χ3n) is 1.28. The monoisotopic (exact) mass is 214 g/mol. The second-order valence-corrected chi connectivity index (χ2v) is 2.89. The zero-order chi connectivity index (χ0) is 5.28. The van der Waals surface area contributed by atoms with Gasteiger partial charge in [-0.2, -0.15) is 0 Å². The molecule has 1 aliphatic carbocycles. The highest BCUT2D eigenvalue weighted by Gasteiger charge is 2.29. The van der Waals surface area contributed by atoms with E-state index < -0.39 is 6.17 Å². The summed E-state index contributed by atoms with van der Waals surface area (Å²) in [5.41, 5.74) is 0. The van der Waals surface area contributed by atoms with Gasteiger partial charge in [0, 0.05) is 4.43 Å². The summed E-state index contributed by atoms with van der Waals surface area (Å²) in [7, 11) is 0. The van der Waals surface area contributed by atoms with Crippen LogP contribution >= 0.6 is 22.6 Å². The van der Waals surface area contributed by atoms with Crippen molar-refractivity contribution in [3.63, 3.8) is 0 Å². The second kappa shape index (κ2) is 2.29. The van der Waals surface area contributed by atoms with E-state index in [1.54, 1.807) is 0 Å². The fraction of sp³-hybridized carbons (Fsp3) is 1.00. The predicted octanol–water partition coefficient (Wildman–Crippen LogP) is 2.17. The first-order valence-corrected chi connectivity index (χ1v) is 4.07. The molecule has 7 heavy (non-hydrogen) atoms. The Bertz CT molecular complexity index is 61.1. The summed E-state index contributed by atoms with van der Waals surface area (Å²) in [5, 5.41) is 0. The zero-order valence-electron chi connectivity index (χ0n) is 4.03. The van der Waals surface area contributed by atoms with Gasteiger partial charge in [0.2, 0.25) is 0 Å². The van der Waals surface area contributed by atoms with Gasteiger partial charge in [-0.3, -0.25) is 0 Å². The summed E-state index contributed by atoms with van der Waals surface area (Å²) in [4.78, 5) is 0. The maximum atomic E-state index is 12.3. The molecule has 1 fully saturated rings. The molecule has 0 aromatic heterocycles. The van der Waals surface area contributed by atoms with Crippen molar-refractivity contribution < 1.29 is 4.39 Å². The number of rotatable bonds is 2. The third kappa shape index (κ3) is 1.55. The number of halogens is 2. The number of hydrogen-bond donors (Lipinski definition) is 0. The Morgan fingerprint density at radius 3 is 2.43 bits per heavy atom. The maximum Gasteiger partial charge on any atom is 0.112 e. The first-order chi connectivity index (χ1) is 3.34. The lowest BCUT2D eigenvalue weighted by Gasteiger charge is -1.95. The number of alkyl halides is 2. The predicted molar refractivity (Wildman–Crippen MR) is 36.5 cm³/mol. The molecule has 0 aromatic carbocycles. The van der Waals surface area contributed by atoms with Crippen molar-refractivity contribution in [2.75, 3.05) is 4.43 Å². The summed E-state index contributed by atoms with van der Waals surface area (Å²) >= 11 is 2.09. The van der Waals surface area contributed by atoms with E-state index in [0.29, 0.717) is 10.3 Å². The lowest BCUT2D eigenvalue weighted by molar-refractivity contribution is 0.334. The van der Waals surface area contributed by atoms with Gasteiger partial charge in [0.1, 0.15) is 6.17 Å². The molecular formula is C5H8FI. The van der Waals surface area contributed by atoms with Gasteiger partial charge >= 0.3 is 0 Å². The maximum absolute atomic E-state index is 12.3. The van der Waals surface area contributed by atoms with Crippen LogP contribution in [0.3, 0.4) is 0 Å². The minimum absolute atomic E-state index is 0.442. The molecule has 1 rings (SSSR count). The fourth-order valence-electron chi connectivity index (χ4n) is 0.584. The van der Waals surface area contributed by atoms with Gasteiger partial charge < -0.3 is 0 Å². The van der Waals surface area contributed by atoms with Crippen LogP contribution in [0, 0.1) is 5.92 Å². The van der Waals surface area contributed by atoms with Crippen molar-refractivity contribution in [3.05, 3.63) is 0 Å². The molecule has 0 heterocycles. The van der Waals surface area contributed by atoms with Crippen LogP contribution in [0.1, 0.15) is 12.8 Å². The Kier molecular flexibility index (Phi) is 1.89. The van der Waals surface area contributed by atoms with Gasteiger partial charge in [0.15, 0.2) is 0 Å². The van der Waals surface area contributed by atoms with Crippen LogP contribution in [0.4, 0.5) is 4.39 Å². The van der Waals surface area contributed by atoms with Gasteiger partial charge in [0.25, 0.3) is 0 Å². The van der Waals surface area contributed by atoms with Crippen molar-refractivity contribution in [3.8, 4) is 0 Å². The third-order valence-corrected chi connectivity index (χ3v) is 2.12. The zero-order valence-corrected chi connectivity index (χ0v) is 6.19. The average molecular weight is 214 g/mol. The Hall–Kier alpha value is 0.660. The van der Waals surface area contributed by atoms with Crippen LogP contribution in [0.2, 0.25) is 0 Å². The topological polar surface area (TPSA) is 0 Å². The highest BCUT2D eigenvalue weighted by atomic mass is 127. The van der Waals surface area contributed by atoms with Crippen LogP contribution < -0.4 is 0 Å². The fourth-order valence-corrected chi connectivity index (χ4v) is 1.30. The molecule has 0 aliphatic heterocycles. The summed E-state index contributed by atoms with van der Waals surface area (Å²) in [6.07, 6.45) is 1.76. The van der Waals surface area contributed by atoms with E-state index in [2.05, 4.69) is 22.6 Å². The van der Waals surface area contributed by atoms with Gasteiger partial charge in [-0.25, -0.2) is 4.39 Å². The van der Waals surface area contributed by atoms with Crippen molar-refractivity contribution in [1.82, 2.24) is 0 Å². The van der Waals surface area contributed by atoms with Gasteiger partial charge in [-0.15, -0.1) is 0 Å². The van der Waals surface area contributed by atoms with E-state index in [-0.39, 0.29) is 0 Å². The number of hydrogen-bond acceptors (Lipinski definition) is 0. The molecule has 0 nitrogen and oxygen atoms in total. The van der Waals surface area contributed by atoms with Crippen LogP contribution in [-0.4, -0.2) is 10.6 Å². The Morgan fingerprint density at radius 2 is 2.29 bits per heavy atom. The Balaban J connectivity index is 2.10. The van der Waals surface area contributed by atoms with Crippen LogP contribution in [-0.2, 0) is 0 Å². The SMILES string of the molecule is FC(CI)C1CC1. The molecular weight excluding hydrogens is 206 g/mol. The second-order valence-electron chi connectivity index (χ2n) is 2.01. The molecule has 1 saturated carbocycles. The molecule has 0 spiro atoms. The smallest absolute Gasteiger partial charge is 0.112 e. The standard InChI is InChI=1S/C5H8FI/c6-5(3-7)4-1-2-4/h4-5H,1-3H2. The largest absolute Gasteiger partial charge is 0.246 e. The quantitative estimate of drug-likeness (QED) is 0.488. The summed E-state index contributed by atoms with van der Waals surface area (Å²) in [6, 6.07) is 0. The molecule has 1 aliphatic rings. The molecule has 0 aromatic rings.